The van der Waals surface area contributed by atoms with Gasteiger partial charge in [-0.1, -0.05) is 19.3 Å². The van der Waals surface area contributed by atoms with Gasteiger partial charge in [0.2, 0.25) is 0 Å². The van der Waals surface area contributed by atoms with Gasteiger partial charge in [-0.2, -0.15) is 0 Å². The van der Waals surface area contributed by atoms with Crippen LogP contribution in [0, 0.1) is 17.6 Å². The summed E-state index contributed by atoms with van der Waals surface area (Å²) in [6.07, 6.45) is 5.79. The summed E-state index contributed by atoms with van der Waals surface area (Å²) < 4.78 is 27.1. The molecule has 0 aliphatic heterocycles. The number of hydrogen-bond acceptors (Lipinski definition) is 1. The fraction of sp³-hybridized carbons (Fsp3) is 0.400. The number of carboxylic acid groups (broad SMARTS) is 1. The highest BCUT2D eigenvalue weighted by Crippen LogP contribution is 2.36. The molecule has 0 heterocycles. The van der Waals surface area contributed by atoms with E-state index in [0.717, 1.165) is 56.4 Å². The van der Waals surface area contributed by atoms with Crippen LogP contribution in [0.25, 0.3) is 5.57 Å². The number of carboxylic acids is 1. The van der Waals surface area contributed by atoms with Crippen LogP contribution in [0.3, 0.4) is 0 Å². The molecule has 1 aromatic carbocycles. The van der Waals surface area contributed by atoms with Crippen molar-refractivity contribution in [2.75, 3.05) is 0 Å². The van der Waals surface area contributed by atoms with E-state index in [1.165, 1.54) is 0 Å². The van der Waals surface area contributed by atoms with E-state index in [4.69, 9.17) is 5.11 Å². The summed E-state index contributed by atoms with van der Waals surface area (Å²) in [5, 5.41) is 8.94. The Morgan fingerprint density at radius 2 is 1.89 bits per heavy atom. The summed E-state index contributed by atoms with van der Waals surface area (Å²) in [6.45, 7) is 0. The van der Waals surface area contributed by atoms with E-state index >= 15 is 0 Å². The number of hydrogen-bond donors (Lipinski definition) is 1. The molecule has 2 rings (SSSR count). The molecule has 19 heavy (non-hydrogen) atoms. The minimum absolute atomic E-state index is 0.00106. The van der Waals surface area contributed by atoms with Gasteiger partial charge in [-0.05, 0) is 42.5 Å². The van der Waals surface area contributed by atoms with Gasteiger partial charge in [0.05, 0.1) is 0 Å². The molecule has 0 spiro atoms. The summed E-state index contributed by atoms with van der Waals surface area (Å²) in [7, 11) is 0. The highest BCUT2D eigenvalue weighted by atomic mass is 19.1. The van der Waals surface area contributed by atoms with Crippen LogP contribution < -0.4 is 0 Å². The van der Waals surface area contributed by atoms with Crippen LogP contribution in [0.15, 0.2) is 24.3 Å². The van der Waals surface area contributed by atoms with E-state index in [-0.39, 0.29) is 11.5 Å². The Morgan fingerprint density at radius 3 is 2.53 bits per heavy atom. The third-order valence-corrected chi connectivity index (χ3v) is 3.56. The first-order valence-electron chi connectivity index (χ1n) is 6.48. The third kappa shape index (κ3) is 3.40. The Labute approximate surface area is 110 Å². The van der Waals surface area contributed by atoms with Gasteiger partial charge >= 0.3 is 5.97 Å². The van der Waals surface area contributed by atoms with Gasteiger partial charge < -0.3 is 5.11 Å². The molecule has 1 aliphatic rings. The van der Waals surface area contributed by atoms with E-state index in [9.17, 15) is 13.6 Å². The Morgan fingerprint density at radius 1 is 1.21 bits per heavy atom. The third-order valence-electron chi connectivity index (χ3n) is 3.56. The molecule has 1 fully saturated rings. The topological polar surface area (TPSA) is 37.3 Å². The maximum absolute atomic E-state index is 13.8. The molecule has 2 nitrogen and oxygen atoms in total. The zero-order chi connectivity index (χ0) is 13.8. The minimum Gasteiger partial charge on any atom is -0.478 e. The van der Waals surface area contributed by atoms with Crippen LogP contribution in [0.2, 0.25) is 0 Å². The second-order valence-corrected chi connectivity index (χ2v) is 4.90. The highest BCUT2D eigenvalue weighted by Gasteiger charge is 2.22. The van der Waals surface area contributed by atoms with E-state index in [0.29, 0.717) is 5.57 Å². The van der Waals surface area contributed by atoms with Crippen LogP contribution in [0.1, 0.15) is 37.7 Å². The molecule has 1 saturated carbocycles. The molecule has 0 saturated heterocycles. The molecule has 0 unspecified atom stereocenters. The standard InChI is InChI=1S/C15H16F2O2/c16-11-6-7-14(17)13(8-11)12(9-15(18)19)10-4-2-1-3-5-10/h6-10H,1-5H2,(H,18,19)/b12-9+. The van der Waals surface area contributed by atoms with Gasteiger partial charge in [0.1, 0.15) is 11.6 Å². The van der Waals surface area contributed by atoms with Crippen molar-refractivity contribution in [1.82, 2.24) is 0 Å². The van der Waals surface area contributed by atoms with Gasteiger partial charge in [-0.25, -0.2) is 13.6 Å². The number of allylic oxidation sites excluding steroid dienone is 1. The molecule has 102 valence electrons. The Kier molecular flexibility index (Phi) is 4.30. The van der Waals surface area contributed by atoms with E-state index < -0.39 is 17.6 Å². The fourth-order valence-electron chi connectivity index (χ4n) is 2.68. The molecule has 4 heteroatoms. The molecule has 0 atom stereocenters. The number of halogens is 2. The molecule has 0 bridgehead atoms. The lowest BCUT2D eigenvalue weighted by Gasteiger charge is -2.24. The fourth-order valence-corrected chi connectivity index (χ4v) is 2.68. The van der Waals surface area contributed by atoms with Gasteiger partial charge in [-0.3, -0.25) is 0 Å². The Bertz CT molecular complexity index is 503. The van der Waals surface area contributed by atoms with Crippen LogP contribution >= 0.6 is 0 Å². The number of rotatable bonds is 3. The lowest BCUT2D eigenvalue weighted by atomic mass is 9.80. The van der Waals surface area contributed by atoms with Crippen LogP contribution in [0.5, 0.6) is 0 Å². The normalized spacial score (nSPS) is 17.5. The quantitative estimate of drug-likeness (QED) is 0.839. The lowest BCUT2D eigenvalue weighted by molar-refractivity contribution is -0.131. The average molecular weight is 266 g/mol. The number of aliphatic carboxylic acids is 1. The molecule has 1 aromatic rings. The van der Waals surface area contributed by atoms with E-state index in [2.05, 4.69) is 0 Å². The lowest BCUT2D eigenvalue weighted by Crippen LogP contribution is -2.11. The van der Waals surface area contributed by atoms with Crippen LogP contribution in [-0.4, -0.2) is 11.1 Å². The first kappa shape index (κ1) is 13.7. The molecule has 1 aliphatic carbocycles. The van der Waals surface area contributed by atoms with E-state index in [1.54, 1.807) is 0 Å². The smallest absolute Gasteiger partial charge is 0.328 e. The van der Waals surface area contributed by atoms with Crippen molar-refractivity contribution in [2.45, 2.75) is 32.1 Å². The second kappa shape index (κ2) is 5.95. The van der Waals surface area contributed by atoms with Crippen molar-refractivity contribution in [2.24, 2.45) is 5.92 Å². The largest absolute Gasteiger partial charge is 0.478 e. The molecule has 0 radical (unpaired) electrons. The SMILES string of the molecule is O=C(O)/C=C(/c1cc(F)ccc1F)C1CCCCC1. The van der Waals surface area contributed by atoms with Crippen molar-refractivity contribution < 1.29 is 18.7 Å². The van der Waals surface area contributed by atoms with Crippen molar-refractivity contribution in [3.63, 3.8) is 0 Å². The van der Waals surface area contributed by atoms with Crippen LogP contribution in [0.4, 0.5) is 8.78 Å². The molecule has 0 amide bonds. The van der Waals surface area contributed by atoms with E-state index in [1.807, 2.05) is 0 Å². The predicted octanol–water partition coefficient (Wildman–Crippen LogP) is 4.01. The van der Waals surface area contributed by atoms with Crippen molar-refractivity contribution in [3.8, 4) is 0 Å². The predicted molar refractivity (Wildman–Crippen MR) is 68.5 cm³/mol. The Hall–Kier alpha value is -1.71. The van der Waals surface area contributed by atoms with Gasteiger partial charge in [0, 0.05) is 11.6 Å². The summed E-state index contributed by atoms with van der Waals surface area (Å²) in [5.74, 6) is -2.24. The zero-order valence-electron chi connectivity index (χ0n) is 10.5. The molecular formula is C15H16F2O2. The van der Waals surface area contributed by atoms with Gasteiger partial charge in [0.15, 0.2) is 0 Å². The van der Waals surface area contributed by atoms with Crippen molar-refractivity contribution >= 4 is 11.5 Å². The molecule has 0 aromatic heterocycles. The zero-order valence-corrected chi connectivity index (χ0v) is 10.5. The number of carbonyl (C=O) groups is 1. The summed E-state index contributed by atoms with van der Waals surface area (Å²) in [6, 6.07) is 3.17. The summed E-state index contributed by atoms with van der Waals surface area (Å²) >= 11 is 0. The second-order valence-electron chi connectivity index (χ2n) is 4.90. The summed E-state index contributed by atoms with van der Waals surface area (Å²) in [5.41, 5.74) is 0.485. The maximum atomic E-state index is 13.8. The molecule has 1 N–H and O–H groups in total. The first-order valence-corrected chi connectivity index (χ1v) is 6.48. The first-order chi connectivity index (χ1) is 9.08. The highest BCUT2D eigenvalue weighted by molar-refractivity contribution is 5.90. The summed E-state index contributed by atoms with van der Waals surface area (Å²) in [4.78, 5) is 10.9. The molecular weight excluding hydrogens is 250 g/mol. The Balaban J connectivity index is 2.42. The van der Waals surface area contributed by atoms with Crippen LogP contribution in [-0.2, 0) is 4.79 Å². The van der Waals surface area contributed by atoms with Crippen molar-refractivity contribution in [3.05, 3.63) is 41.5 Å². The monoisotopic (exact) mass is 266 g/mol. The number of benzene rings is 1. The average Bonchev–Trinajstić information content (AvgIpc) is 2.40. The van der Waals surface area contributed by atoms with Crippen molar-refractivity contribution in [1.29, 1.82) is 0 Å². The van der Waals surface area contributed by atoms with Gasteiger partial charge in [-0.15, -0.1) is 0 Å². The maximum Gasteiger partial charge on any atom is 0.328 e. The minimum atomic E-state index is -1.12. The van der Waals surface area contributed by atoms with Gasteiger partial charge in [0.25, 0.3) is 0 Å².